The monoisotopic (exact) mass is 390 g/mol. The molecule has 3 rings (SSSR count). The molecule has 136 valence electrons. The number of benzene rings is 1. The van der Waals surface area contributed by atoms with Gasteiger partial charge in [-0.1, -0.05) is 0 Å². The lowest BCUT2D eigenvalue weighted by atomic mass is 10.3. The fourth-order valence-electron chi connectivity index (χ4n) is 2.39. The van der Waals surface area contributed by atoms with E-state index in [1.54, 1.807) is 12.1 Å². The zero-order valence-corrected chi connectivity index (χ0v) is 16.2. The minimum Gasteiger partial charge on any atom is -0.355 e. The van der Waals surface area contributed by atoms with Gasteiger partial charge in [-0.25, -0.2) is 14.1 Å². The summed E-state index contributed by atoms with van der Waals surface area (Å²) in [4.78, 5) is 17.4. The first-order valence-electron chi connectivity index (χ1n) is 8.14. The number of carbonyl (C=O) groups excluding carboxylic acids is 1. The highest BCUT2D eigenvalue weighted by Crippen LogP contribution is 2.18. The average Bonchev–Trinajstić information content (AvgIpc) is 3.20. The van der Waals surface area contributed by atoms with E-state index < -0.39 is 0 Å². The van der Waals surface area contributed by atoms with Crippen LogP contribution in [0.1, 0.15) is 17.1 Å². The number of aryl methyl sites for hydroxylation is 2. The first kappa shape index (κ1) is 18.6. The van der Waals surface area contributed by atoms with Gasteiger partial charge in [0.25, 0.3) is 0 Å². The van der Waals surface area contributed by atoms with E-state index in [-0.39, 0.29) is 11.7 Å². The van der Waals surface area contributed by atoms with Crippen LogP contribution in [-0.4, -0.2) is 33.0 Å². The molecule has 1 amide bonds. The highest BCUT2D eigenvalue weighted by molar-refractivity contribution is 8.00. The average molecular weight is 391 g/mol. The van der Waals surface area contributed by atoms with E-state index in [1.807, 2.05) is 30.0 Å². The molecule has 0 saturated heterocycles. The van der Waals surface area contributed by atoms with E-state index in [0.29, 0.717) is 18.7 Å². The largest absolute Gasteiger partial charge is 0.355 e. The quantitative estimate of drug-likeness (QED) is 0.627. The maximum absolute atomic E-state index is 12.8. The van der Waals surface area contributed by atoms with Crippen LogP contribution < -0.4 is 5.32 Å². The number of hydrogen-bond acceptors (Lipinski definition) is 5. The van der Waals surface area contributed by atoms with Crippen LogP contribution in [0.5, 0.6) is 0 Å². The van der Waals surface area contributed by atoms with Crippen LogP contribution in [0.3, 0.4) is 0 Å². The van der Waals surface area contributed by atoms with Gasteiger partial charge >= 0.3 is 0 Å². The molecule has 0 bridgehead atoms. The number of thioether (sulfide) groups is 1. The van der Waals surface area contributed by atoms with Crippen LogP contribution in [0.25, 0.3) is 5.13 Å². The van der Waals surface area contributed by atoms with Crippen LogP contribution in [0.15, 0.2) is 40.6 Å². The van der Waals surface area contributed by atoms with Gasteiger partial charge in [0.2, 0.25) is 11.0 Å². The predicted molar refractivity (Wildman–Crippen MR) is 103 cm³/mol. The fraction of sp³-hybridized carbons (Fsp3) is 0.278. The Morgan fingerprint density at radius 1 is 1.31 bits per heavy atom. The molecule has 0 saturated carbocycles. The summed E-state index contributed by atoms with van der Waals surface area (Å²) in [5.74, 6) is -0.0186. The molecule has 26 heavy (non-hydrogen) atoms. The number of hydrogen-bond donors (Lipinski definition) is 1. The molecular formula is C18H19FN4OS2. The van der Waals surface area contributed by atoms with Gasteiger partial charge in [-0.2, -0.15) is 5.10 Å². The van der Waals surface area contributed by atoms with E-state index >= 15 is 0 Å². The molecular weight excluding hydrogens is 371 g/mol. The molecule has 0 radical (unpaired) electrons. The summed E-state index contributed by atoms with van der Waals surface area (Å²) >= 11 is 2.92. The van der Waals surface area contributed by atoms with E-state index in [4.69, 9.17) is 0 Å². The van der Waals surface area contributed by atoms with Crippen LogP contribution in [0, 0.1) is 19.7 Å². The molecule has 3 aromatic rings. The molecule has 5 nitrogen and oxygen atoms in total. The lowest BCUT2D eigenvalue weighted by Crippen LogP contribution is -2.27. The second-order valence-corrected chi connectivity index (χ2v) is 7.69. The van der Waals surface area contributed by atoms with Gasteiger partial charge in [-0.05, 0) is 44.2 Å². The van der Waals surface area contributed by atoms with Crippen molar-refractivity contribution in [3.8, 4) is 5.13 Å². The van der Waals surface area contributed by atoms with Crippen LogP contribution in [0.4, 0.5) is 4.39 Å². The number of nitrogens with zero attached hydrogens (tertiary/aromatic N) is 3. The van der Waals surface area contributed by atoms with Crippen molar-refractivity contribution in [3.63, 3.8) is 0 Å². The number of nitrogens with one attached hydrogen (secondary N) is 1. The molecule has 8 heteroatoms. The zero-order chi connectivity index (χ0) is 18.5. The molecule has 1 aromatic carbocycles. The van der Waals surface area contributed by atoms with Gasteiger partial charge in [-0.15, -0.1) is 23.1 Å². The van der Waals surface area contributed by atoms with Crippen LogP contribution in [0.2, 0.25) is 0 Å². The van der Waals surface area contributed by atoms with Gasteiger partial charge in [0.1, 0.15) is 5.82 Å². The van der Waals surface area contributed by atoms with Crippen molar-refractivity contribution in [2.45, 2.75) is 25.2 Å². The molecule has 2 aromatic heterocycles. The number of halogens is 1. The lowest BCUT2D eigenvalue weighted by molar-refractivity contribution is -0.118. The lowest BCUT2D eigenvalue weighted by Gasteiger charge is -2.04. The standard InChI is InChI=1S/C18H19FN4OS2/c1-12-9-13(2)23(22-12)18-21-15(10-26-18)7-8-20-17(24)11-25-16-5-3-14(19)4-6-16/h3-6,9-10H,7-8,11H2,1-2H3,(H,20,24). The highest BCUT2D eigenvalue weighted by Gasteiger charge is 2.09. The summed E-state index contributed by atoms with van der Waals surface area (Å²) in [5, 5.41) is 10.1. The minimum atomic E-state index is -0.276. The van der Waals surface area contributed by atoms with Gasteiger partial charge < -0.3 is 5.32 Å². The van der Waals surface area contributed by atoms with Gasteiger partial charge in [0, 0.05) is 28.9 Å². The summed E-state index contributed by atoms with van der Waals surface area (Å²) < 4.78 is 14.7. The number of aromatic nitrogens is 3. The Hall–Kier alpha value is -2.19. The molecule has 0 atom stereocenters. The SMILES string of the molecule is Cc1cc(C)n(-c2nc(CCNC(=O)CSc3ccc(F)cc3)cs2)n1. The maximum atomic E-state index is 12.8. The fourth-order valence-corrected chi connectivity index (χ4v) is 3.99. The third-order valence-corrected chi connectivity index (χ3v) is 5.49. The Labute approximate surface area is 159 Å². The Bertz CT molecular complexity index is 889. The Balaban J connectivity index is 1.44. The summed E-state index contributed by atoms with van der Waals surface area (Å²) in [6, 6.07) is 8.14. The number of carbonyl (C=O) groups is 1. The van der Waals surface area contributed by atoms with E-state index in [1.165, 1.54) is 35.2 Å². The molecule has 1 N–H and O–H groups in total. The third-order valence-electron chi connectivity index (χ3n) is 3.62. The first-order chi connectivity index (χ1) is 12.5. The molecule has 0 aliphatic rings. The normalized spacial score (nSPS) is 10.9. The van der Waals surface area contributed by atoms with E-state index in [2.05, 4.69) is 15.4 Å². The number of rotatable bonds is 7. The molecule has 0 spiro atoms. The predicted octanol–water partition coefficient (Wildman–Crippen LogP) is 3.54. The Morgan fingerprint density at radius 2 is 2.08 bits per heavy atom. The van der Waals surface area contributed by atoms with Crippen LogP contribution >= 0.6 is 23.1 Å². The molecule has 0 unspecified atom stereocenters. The summed E-state index contributed by atoms with van der Waals surface area (Å²) in [5.41, 5.74) is 2.95. The van der Waals surface area contributed by atoms with Crippen molar-refractivity contribution in [2.24, 2.45) is 0 Å². The minimum absolute atomic E-state index is 0.0478. The second-order valence-electron chi connectivity index (χ2n) is 5.80. The van der Waals surface area contributed by atoms with E-state index in [9.17, 15) is 9.18 Å². The second kappa shape index (κ2) is 8.46. The molecule has 0 aliphatic heterocycles. The number of amides is 1. The Kier molecular flexibility index (Phi) is 6.05. The number of thiazole rings is 1. The molecule has 2 heterocycles. The van der Waals surface area contributed by atoms with Crippen molar-refractivity contribution in [2.75, 3.05) is 12.3 Å². The van der Waals surface area contributed by atoms with Crippen molar-refractivity contribution in [1.82, 2.24) is 20.1 Å². The van der Waals surface area contributed by atoms with Gasteiger partial charge in [-0.3, -0.25) is 4.79 Å². The van der Waals surface area contributed by atoms with Crippen molar-refractivity contribution in [3.05, 3.63) is 58.6 Å². The smallest absolute Gasteiger partial charge is 0.230 e. The Morgan fingerprint density at radius 3 is 2.77 bits per heavy atom. The third kappa shape index (κ3) is 4.92. The van der Waals surface area contributed by atoms with Gasteiger partial charge in [0.05, 0.1) is 17.1 Å². The summed E-state index contributed by atoms with van der Waals surface area (Å²) in [6.07, 6.45) is 0.669. The van der Waals surface area contributed by atoms with Crippen molar-refractivity contribution >= 4 is 29.0 Å². The van der Waals surface area contributed by atoms with E-state index in [0.717, 1.165) is 27.1 Å². The summed E-state index contributed by atoms with van der Waals surface area (Å²) in [7, 11) is 0. The summed E-state index contributed by atoms with van der Waals surface area (Å²) in [6.45, 7) is 4.49. The van der Waals surface area contributed by atoms with Gasteiger partial charge in [0.15, 0.2) is 0 Å². The zero-order valence-electron chi connectivity index (χ0n) is 14.5. The van der Waals surface area contributed by atoms with Crippen molar-refractivity contribution in [1.29, 1.82) is 0 Å². The first-order valence-corrected chi connectivity index (χ1v) is 10.0. The highest BCUT2D eigenvalue weighted by atomic mass is 32.2. The maximum Gasteiger partial charge on any atom is 0.230 e. The van der Waals surface area contributed by atoms with Crippen molar-refractivity contribution < 1.29 is 9.18 Å². The van der Waals surface area contributed by atoms with Crippen LogP contribution in [-0.2, 0) is 11.2 Å². The topological polar surface area (TPSA) is 59.8 Å². The molecule has 0 fully saturated rings. The molecule has 0 aliphatic carbocycles.